The molecule has 2 aromatic heterocycles. The molecule has 2 heterocycles. The molecule has 0 aliphatic rings. The molecule has 0 atom stereocenters. The first-order valence-corrected chi connectivity index (χ1v) is 5.15. The van der Waals surface area contributed by atoms with E-state index in [4.69, 9.17) is 11.6 Å². The molecule has 0 aliphatic carbocycles. The summed E-state index contributed by atoms with van der Waals surface area (Å²) in [6, 6.07) is 7.95. The summed E-state index contributed by atoms with van der Waals surface area (Å²) in [6.45, 7) is 2.04. The van der Waals surface area contributed by atoms with E-state index in [1.54, 1.807) is 0 Å². The maximum atomic E-state index is 5.98. The first-order valence-electron chi connectivity index (χ1n) is 4.77. The molecule has 0 saturated heterocycles. The lowest BCUT2D eigenvalue weighted by Crippen LogP contribution is -1.77. The molecule has 15 heavy (non-hydrogen) atoms. The summed E-state index contributed by atoms with van der Waals surface area (Å²) in [5, 5.41) is 3.02. The maximum absolute atomic E-state index is 5.98. The van der Waals surface area contributed by atoms with Gasteiger partial charge < -0.3 is 4.98 Å². The zero-order chi connectivity index (χ0) is 10.4. The normalized spacial score (nSPS) is 11.3. The van der Waals surface area contributed by atoms with E-state index in [-0.39, 0.29) is 0 Å². The topological polar surface area (TPSA) is 28.7 Å². The number of halogens is 1. The molecule has 3 aromatic rings. The fourth-order valence-electron chi connectivity index (χ4n) is 1.85. The van der Waals surface area contributed by atoms with Gasteiger partial charge in [-0.3, -0.25) is 0 Å². The van der Waals surface area contributed by atoms with E-state index in [0.717, 1.165) is 32.5 Å². The molecule has 0 aliphatic heterocycles. The van der Waals surface area contributed by atoms with Gasteiger partial charge in [0.15, 0.2) is 0 Å². The van der Waals surface area contributed by atoms with Crippen LogP contribution >= 0.6 is 11.6 Å². The zero-order valence-electron chi connectivity index (χ0n) is 8.21. The van der Waals surface area contributed by atoms with Gasteiger partial charge in [0, 0.05) is 27.5 Å². The van der Waals surface area contributed by atoms with Crippen LogP contribution in [0.25, 0.3) is 21.9 Å². The smallest absolute Gasteiger partial charge is 0.138 e. The molecule has 74 valence electrons. The molecule has 3 rings (SSSR count). The molecular weight excluding hydrogens is 208 g/mol. The number of fused-ring (bicyclic) bond motifs is 3. The SMILES string of the molecule is Cc1cnc2[nH]c3ccc(Cl)cc3c2c1. The second-order valence-corrected chi connectivity index (χ2v) is 4.16. The molecule has 0 spiro atoms. The van der Waals surface area contributed by atoms with E-state index < -0.39 is 0 Å². The van der Waals surface area contributed by atoms with Gasteiger partial charge in [0.05, 0.1) is 0 Å². The second-order valence-electron chi connectivity index (χ2n) is 3.72. The molecule has 1 aromatic carbocycles. The number of nitrogens with one attached hydrogen (secondary N) is 1. The number of aryl methyl sites for hydroxylation is 1. The van der Waals surface area contributed by atoms with Gasteiger partial charge in [-0.2, -0.15) is 0 Å². The highest BCUT2D eigenvalue weighted by molar-refractivity contribution is 6.31. The van der Waals surface area contributed by atoms with Crippen LogP contribution < -0.4 is 0 Å². The number of nitrogens with zero attached hydrogens (tertiary/aromatic N) is 1. The quantitative estimate of drug-likeness (QED) is 0.610. The largest absolute Gasteiger partial charge is 0.339 e. The van der Waals surface area contributed by atoms with E-state index in [9.17, 15) is 0 Å². The van der Waals surface area contributed by atoms with Gasteiger partial charge in [-0.15, -0.1) is 0 Å². The number of aromatic nitrogens is 2. The number of benzene rings is 1. The van der Waals surface area contributed by atoms with Gasteiger partial charge in [-0.25, -0.2) is 4.98 Å². The van der Waals surface area contributed by atoms with E-state index in [1.807, 2.05) is 31.3 Å². The third-order valence-electron chi connectivity index (χ3n) is 2.55. The lowest BCUT2D eigenvalue weighted by atomic mass is 10.2. The van der Waals surface area contributed by atoms with Crippen molar-refractivity contribution in [2.75, 3.05) is 0 Å². The molecule has 0 saturated carbocycles. The van der Waals surface area contributed by atoms with Crippen molar-refractivity contribution in [1.82, 2.24) is 9.97 Å². The van der Waals surface area contributed by atoms with Gasteiger partial charge in [0.1, 0.15) is 5.65 Å². The van der Waals surface area contributed by atoms with Crippen molar-refractivity contribution in [2.45, 2.75) is 6.92 Å². The highest BCUT2D eigenvalue weighted by Crippen LogP contribution is 2.26. The zero-order valence-corrected chi connectivity index (χ0v) is 8.97. The van der Waals surface area contributed by atoms with Crippen LogP contribution in [0.4, 0.5) is 0 Å². The van der Waals surface area contributed by atoms with Crippen molar-refractivity contribution in [3.63, 3.8) is 0 Å². The number of aromatic amines is 1. The molecule has 2 nitrogen and oxygen atoms in total. The Morgan fingerprint density at radius 2 is 2.07 bits per heavy atom. The predicted molar refractivity (Wildman–Crippen MR) is 63.3 cm³/mol. The summed E-state index contributed by atoms with van der Waals surface area (Å²) in [5.74, 6) is 0. The van der Waals surface area contributed by atoms with E-state index in [2.05, 4.69) is 16.0 Å². The van der Waals surface area contributed by atoms with Gasteiger partial charge in [-0.05, 0) is 36.8 Å². The Labute approximate surface area is 91.9 Å². The average molecular weight is 217 g/mol. The summed E-state index contributed by atoms with van der Waals surface area (Å²) in [6.07, 6.45) is 1.86. The lowest BCUT2D eigenvalue weighted by Gasteiger charge is -1.93. The van der Waals surface area contributed by atoms with Crippen molar-refractivity contribution in [3.05, 3.63) is 41.0 Å². The average Bonchev–Trinajstić information content (AvgIpc) is 2.56. The minimum atomic E-state index is 0.755. The Morgan fingerprint density at radius 3 is 2.93 bits per heavy atom. The second kappa shape index (κ2) is 2.97. The van der Waals surface area contributed by atoms with E-state index in [1.165, 1.54) is 0 Å². The van der Waals surface area contributed by atoms with Crippen LogP contribution in [0.5, 0.6) is 0 Å². The van der Waals surface area contributed by atoms with Crippen LogP contribution in [-0.2, 0) is 0 Å². The maximum Gasteiger partial charge on any atom is 0.138 e. The molecule has 0 bridgehead atoms. The molecule has 0 amide bonds. The van der Waals surface area contributed by atoms with Crippen molar-refractivity contribution in [1.29, 1.82) is 0 Å². The molecule has 1 N–H and O–H groups in total. The molecule has 0 radical (unpaired) electrons. The highest BCUT2D eigenvalue weighted by Gasteiger charge is 2.05. The summed E-state index contributed by atoms with van der Waals surface area (Å²) in [5.41, 5.74) is 3.15. The highest BCUT2D eigenvalue weighted by atomic mass is 35.5. The number of hydrogen-bond donors (Lipinski definition) is 1. The third-order valence-corrected chi connectivity index (χ3v) is 2.78. The molecule has 0 fully saturated rings. The van der Waals surface area contributed by atoms with Crippen LogP contribution in [0.1, 0.15) is 5.56 Å². The van der Waals surface area contributed by atoms with Crippen molar-refractivity contribution in [2.24, 2.45) is 0 Å². The van der Waals surface area contributed by atoms with Crippen molar-refractivity contribution in [3.8, 4) is 0 Å². The van der Waals surface area contributed by atoms with Crippen LogP contribution in [0.15, 0.2) is 30.5 Å². The Morgan fingerprint density at radius 1 is 1.20 bits per heavy atom. The van der Waals surface area contributed by atoms with Gasteiger partial charge in [0.25, 0.3) is 0 Å². The molecule has 0 unspecified atom stereocenters. The number of hydrogen-bond acceptors (Lipinski definition) is 1. The summed E-state index contributed by atoms with van der Waals surface area (Å²) >= 11 is 5.98. The van der Waals surface area contributed by atoms with Crippen molar-refractivity contribution >= 4 is 33.5 Å². The van der Waals surface area contributed by atoms with Gasteiger partial charge >= 0.3 is 0 Å². The third kappa shape index (κ3) is 1.29. The first-order chi connectivity index (χ1) is 7.24. The van der Waals surface area contributed by atoms with Crippen molar-refractivity contribution < 1.29 is 0 Å². The fraction of sp³-hybridized carbons (Fsp3) is 0.0833. The molecule has 3 heteroatoms. The van der Waals surface area contributed by atoms with E-state index >= 15 is 0 Å². The minimum absolute atomic E-state index is 0.755. The first kappa shape index (κ1) is 8.74. The Bertz CT molecular complexity index is 599. The Balaban J connectivity index is 2.55. The Hall–Kier alpha value is -1.54. The monoisotopic (exact) mass is 216 g/mol. The summed E-state index contributed by atoms with van der Waals surface area (Å²) in [7, 11) is 0. The molecular formula is C12H9ClN2. The van der Waals surface area contributed by atoms with Crippen LogP contribution in [0, 0.1) is 6.92 Å². The van der Waals surface area contributed by atoms with Crippen LogP contribution in [0.3, 0.4) is 0 Å². The number of H-pyrrole nitrogens is 1. The predicted octanol–water partition coefficient (Wildman–Crippen LogP) is 3.68. The fourth-order valence-corrected chi connectivity index (χ4v) is 2.02. The Kier molecular flexibility index (Phi) is 1.73. The summed E-state index contributed by atoms with van der Waals surface area (Å²) < 4.78 is 0. The number of rotatable bonds is 0. The van der Waals surface area contributed by atoms with E-state index in [0.29, 0.717) is 0 Å². The van der Waals surface area contributed by atoms with Crippen LogP contribution in [-0.4, -0.2) is 9.97 Å². The number of pyridine rings is 1. The standard InChI is InChI=1S/C12H9ClN2/c1-7-4-10-9-5-8(13)2-3-11(9)15-12(10)14-6-7/h2-6H,1H3,(H,14,15). The summed E-state index contributed by atoms with van der Waals surface area (Å²) in [4.78, 5) is 7.61. The van der Waals surface area contributed by atoms with Gasteiger partial charge in [0.2, 0.25) is 0 Å². The minimum Gasteiger partial charge on any atom is -0.339 e. The lowest BCUT2D eigenvalue weighted by molar-refractivity contribution is 1.30. The van der Waals surface area contributed by atoms with Gasteiger partial charge in [-0.1, -0.05) is 11.6 Å². The van der Waals surface area contributed by atoms with Crippen LogP contribution in [0.2, 0.25) is 5.02 Å².